The Bertz CT molecular complexity index is 252. The van der Waals surface area contributed by atoms with Crippen LogP contribution in [0.15, 0.2) is 22.7 Å². The molecule has 0 saturated heterocycles. The van der Waals surface area contributed by atoms with Crippen LogP contribution in [0.4, 0.5) is 0 Å². The van der Waals surface area contributed by atoms with Gasteiger partial charge in [-0.3, -0.25) is 0 Å². The molecule has 0 spiro atoms. The Hall–Kier alpha value is -0.160. The molecule has 0 heterocycles. The van der Waals surface area contributed by atoms with E-state index >= 15 is 0 Å². The maximum Gasteiger partial charge on any atom is 0.221 e. The second kappa shape index (κ2) is 3.53. The minimum absolute atomic E-state index is 0.664. The molecule has 0 aromatic heterocycles. The molecule has 4 heteroatoms. The van der Waals surface area contributed by atoms with E-state index in [1.54, 1.807) is 39.4 Å². The molecule has 0 fully saturated rings. The predicted molar refractivity (Wildman–Crippen MR) is 53.5 cm³/mol. The van der Waals surface area contributed by atoms with Crippen molar-refractivity contribution in [2.45, 2.75) is 18.3 Å². The van der Waals surface area contributed by atoms with Crippen LogP contribution in [0, 0.1) is 0 Å². The Morgan fingerprint density at radius 1 is 1.31 bits per heavy atom. The van der Waals surface area contributed by atoms with Gasteiger partial charge in [-0.05, 0) is 41.1 Å². The van der Waals surface area contributed by atoms with E-state index in [9.17, 15) is 5.11 Å². The standard InChI is InChI=1S/C9H13BrO3/c1-8(11)4-5-9(12-2,13-3)7(10)6-8/h4-6,11H,1-3H3. The van der Waals surface area contributed by atoms with E-state index in [2.05, 4.69) is 15.9 Å². The molecule has 1 unspecified atom stereocenters. The Morgan fingerprint density at radius 2 is 1.85 bits per heavy atom. The molecule has 13 heavy (non-hydrogen) atoms. The van der Waals surface area contributed by atoms with Crippen molar-refractivity contribution in [3.63, 3.8) is 0 Å². The number of halogens is 1. The van der Waals surface area contributed by atoms with Crippen LogP contribution < -0.4 is 0 Å². The Morgan fingerprint density at radius 3 is 2.23 bits per heavy atom. The third-order valence-corrected chi connectivity index (χ3v) is 2.78. The summed E-state index contributed by atoms with van der Waals surface area (Å²) < 4.78 is 11.1. The van der Waals surface area contributed by atoms with Gasteiger partial charge in [0, 0.05) is 14.2 Å². The largest absolute Gasteiger partial charge is 0.382 e. The summed E-state index contributed by atoms with van der Waals surface area (Å²) in [6.07, 6.45) is 4.95. The first-order valence-electron chi connectivity index (χ1n) is 3.88. The van der Waals surface area contributed by atoms with Gasteiger partial charge in [0.1, 0.15) is 0 Å². The number of hydrogen-bond donors (Lipinski definition) is 1. The van der Waals surface area contributed by atoms with E-state index in [1.165, 1.54) is 0 Å². The Balaban J connectivity index is 3.02. The van der Waals surface area contributed by atoms with Gasteiger partial charge in [0.15, 0.2) is 0 Å². The summed E-state index contributed by atoms with van der Waals surface area (Å²) in [7, 11) is 3.09. The Kier molecular flexibility index (Phi) is 2.97. The molecule has 1 aliphatic carbocycles. The van der Waals surface area contributed by atoms with E-state index in [4.69, 9.17) is 9.47 Å². The van der Waals surface area contributed by atoms with Gasteiger partial charge in [0.2, 0.25) is 5.79 Å². The lowest BCUT2D eigenvalue weighted by atomic mass is 9.97. The highest BCUT2D eigenvalue weighted by Gasteiger charge is 2.36. The predicted octanol–water partition coefficient (Wildman–Crippen LogP) is 1.58. The summed E-state index contributed by atoms with van der Waals surface area (Å²) in [4.78, 5) is 0. The molecule has 0 bridgehead atoms. The fourth-order valence-corrected chi connectivity index (χ4v) is 2.10. The summed E-state index contributed by atoms with van der Waals surface area (Å²) in [5, 5.41) is 9.66. The van der Waals surface area contributed by atoms with E-state index in [1.807, 2.05) is 0 Å². The smallest absolute Gasteiger partial charge is 0.221 e. The summed E-state index contributed by atoms with van der Waals surface area (Å²) in [6, 6.07) is 0. The van der Waals surface area contributed by atoms with Crippen LogP contribution in [-0.4, -0.2) is 30.7 Å². The number of rotatable bonds is 2. The third-order valence-electron chi connectivity index (χ3n) is 2.00. The van der Waals surface area contributed by atoms with Crippen LogP contribution in [0.1, 0.15) is 6.92 Å². The minimum atomic E-state index is -0.945. The first kappa shape index (κ1) is 10.9. The molecule has 74 valence electrons. The fourth-order valence-electron chi connectivity index (χ4n) is 1.18. The highest BCUT2D eigenvalue weighted by Crippen LogP contribution is 2.35. The second-order valence-corrected chi connectivity index (χ2v) is 3.98. The highest BCUT2D eigenvalue weighted by atomic mass is 79.9. The van der Waals surface area contributed by atoms with Crippen molar-refractivity contribution in [3.8, 4) is 0 Å². The van der Waals surface area contributed by atoms with E-state index in [-0.39, 0.29) is 0 Å². The molecule has 3 nitrogen and oxygen atoms in total. The summed E-state index contributed by atoms with van der Waals surface area (Å²) in [5.41, 5.74) is -0.945. The third kappa shape index (κ3) is 2.02. The first-order valence-corrected chi connectivity index (χ1v) is 4.67. The molecule has 1 rings (SSSR count). The zero-order valence-electron chi connectivity index (χ0n) is 7.87. The lowest BCUT2D eigenvalue weighted by molar-refractivity contribution is -0.138. The van der Waals surface area contributed by atoms with Gasteiger partial charge < -0.3 is 14.6 Å². The number of aliphatic hydroxyl groups is 1. The molecule has 0 aliphatic heterocycles. The topological polar surface area (TPSA) is 38.7 Å². The number of methoxy groups -OCH3 is 2. The van der Waals surface area contributed by atoms with Gasteiger partial charge in [-0.15, -0.1) is 0 Å². The van der Waals surface area contributed by atoms with Gasteiger partial charge in [-0.2, -0.15) is 0 Å². The van der Waals surface area contributed by atoms with Crippen molar-refractivity contribution in [3.05, 3.63) is 22.7 Å². The number of ether oxygens (including phenoxy) is 2. The maximum absolute atomic E-state index is 9.66. The van der Waals surface area contributed by atoms with Crippen molar-refractivity contribution < 1.29 is 14.6 Å². The molecule has 0 radical (unpaired) electrons. The van der Waals surface area contributed by atoms with Crippen LogP contribution in [0.3, 0.4) is 0 Å². The SMILES string of the molecule is COC1(OC)C=CC(C)(O)C=C1Br. The van der Waals surface area contributed by atoms with Crippen LogP contribution >= 0.6 is 15.9 Å². The van der Waals surface area contributed by atoms with Crippen molar-refractivity contribution in [1.29, 1.82) is 0 Å². The maximum atomic E-state index is 9.66. The van der Waals surface area contributed by atoms with E-state index in [0.717, 1.165) is 0 Å². The van der Waals surface area contributed by atoms with Gasteiger partial charge in [0.05, 0.1) is 10.1 Å². The van der Waals surface area contributed by atoms with Gasteiger partial charge in [0.25, 0.3) is 0 Å². The molecule has 1 aliphatic rings. The number of hydrogen-bond acceptors (Lipinski definition) is 3. The summed E-state index contributed by atoms with van der Waals surface area (Å²) >= 11 is 3.31. The lowest BCUT2D eigenvalue weighted by Gasteiger charge is -2.33. The van der Waals surface area contributed by atoms with Gasteiger partial charge >= 0.3 is 0 Å². The second-order valence-electron chi connectivity index (χ2n) is 3.13. The van der Waals surface area contributed by atoms with Crippen LogP contribution in [0.25, 0.3) is 0 Å². The van der Waals surface area contributed by atoms with Crippen LogP contribution in [0.5, 0.6) is 0 Å². The molecular formula is C9H13BrO3. The normalized spacial score (nSPS) is 31.6. The highest BCUT2D eigenvalue weighted by molar-refractivity contribution is 9.11. The van der Waals surface area contributed by atoms with Crippen molar-refractivity contribution in [2.24, 2.45) is 0 Å². The van der Waals surface area contributed by atoms with Crippen molar-refractivity contribution in [1.82, 2.24) is 0 Å². The summed E-state index contributed by atoms with van der Waals surface area (Å²) in [6.45, 7) is 1.68. The molecule has 0 saturated carbocycles. The minimum Gasteiger partial charge on any atom is -0.382 e. The molecule has 0 aromatic rings. The van der Waals surface area contributed by atoms with Gasteiger partial charge in [-0.25, -0.2) is 0 Å². The average molecular weight is 249 g/mol. The monoisotopic (exact) mass is 248 g/mol. The first-order chi connectivity index (χ1) is 5.96. The molecule has 0 amide bonds. The van der Waals surface area contributed by atoms with E-state index < -0.39 is 11.4 Å². The molecular weight excluding hydrogens is 236 g/mol. The zero-order chi connectivity index (χ0) is 10.1. The average Bonchev–Trinajstić information content (AvgIpc) is 2.05. The van der Waals surface area contributed by atoms with Gasteiger partial charge in [-0.1, -0.05) is 0 Å². The molecule has 1 N–H and O–H groups in total. The fraction of sp³-hybridized carbons (Fsp3) is 0.556. The Labute approximate surface area is 86.2 Å². The van der Waals surface area contributed by atoms with Crippen LogP contribution in [0.2, 0.25) is 0 Å². The molecule has 0 aromatic carbocycles. The quantitative estimate of drug-likeness (QED) is 0.596. The van der Waals surface area contributed by atoms with E-state index in [0.29, 0.717) is 4.48 Å². The van der Waals surface area contributed by atoms with Crippen molar-refractivity contribution >= 4 is 15.9 Å². The lowest BCUT2D eigenvalue weighted by Crippen LogP contribution is -2.37. The summed E-state index contributed by atoms with van der Waals surface area (Å²) in [5.74, 6) is -0.887. The zero-order valence-corrected chi connectivity index (χ0v) is 9.46. The molecule has 1 atom stereocenters. The van der Waals surface area contributed by atoms with Crippen molar-refractivity contribution in [2.75, 3.05) is 14.2 Å². The van der Waals surface area contributed by atoms with Crippen LogP contribution in [-0.2, 0) is 9.47 Å².